The van der Waals surface area contributed by atoms with E-state index in [9.17, 15) is 4.79 Å². The van der Waals surface area contributed by atoms with Crippen LogP contribution in [0.25, 0.3) is 11.0 Å². The quantitative estimate of drug-likeness (QED) is 0.233. The van der Waals surface area contributed by atoms with Crippen molar-refractivity contribution in [2.45, 2.75) is 15.1 Å². The Labute approximate surface area is 180 Å². The number of halogens is 1. The number of aromatic nitrogens is 2. The summed E-state index contributed by atoms with van der Waals surface area (Å²) in [7, 11) is 0. The number of nitrogens with one attached hydrogen (secondary N) is 2. The lowest BCUT2D eigenvalue weighted by Crippen LogP contribution is -2.19. The van der Waals surface area contributed by atoms with E-state index in [1.54, 1.807) is 18.2 Å². The lowest BCUT2D eigenvalue weighted by atomic mass is 10.3. The van der Waals surface area contributed by atoms with Gasteiger partial charge in [-0.25, -0.2) is 10.4 Å². The Hall–Kier alpha value is -2.68. The minimum atomic E-state index is -0.204. The molecule has 0 aliphatic heterocycles. The van der Waals surface area contributed by atoms with Crippen LogP contribution in [0.15, 0.2) is 85.3 Å². The summed E-state index contributed by atoms with van der Waals surface area (Å²) in [6, 6.07) is 18.8. The second-order valence-electron chi connectivity index (χ2n) is 5.85. The molecule has 9 heteroatoms. The van der Waals surface area contributed by atoms with E-state index in [2.05, 4.69) is 20.5 Å². The number of H-pyrrole nitrogens is 1. The summed E-state index contributed by atoms with van der Waals surface area (Å²) in [4.78, 5) is 20.6. The SMILES string of the molecule is O=C(CSc1ccc(Cl)cc1)N/N=C\c1ccc(Sc2nc3ccccc3[nH]2)o1. The van der Waals surface area contributed by atoms with Gasteiger partial charge in [-0.1, -0.05) is 23.7 Å². The molecule has 0 fully saturated rings. The molecule has 0 bridgehead atoms. The molecule has 0 aliphatic carbocycles. The number of carbonyl (C=O) groups is 1. The molecule has 0 saturated carbocycles. The van der Waals surface area contributed by atoms with E-state index in [0.717, 1.165) is 21.1 Å². The van der Waals surface area contributed by atoms with Gasteiger partial charge in [0.2, 0.25) is 5.91 Å². The van der Waals surface area contributed by atoms with E-state index in [1.165, 1.54) is 29.7 Å². The number of hydrogen-bond acceptors (Lipinski definition) is 6. The standard InChI is InChI=1S/C20H15ClN4O2S2/c21-13-5-8-15(9-6-13)28-12-18(26)25-22-11-14-7-10-19(27-14)29-20-23-16-3-1-2-4-17(16)24-20/h1-11H,12H2,(H,23,24)(H,25,26)/b22-11-. The normalized spacial score (nSPS) is 11.3. The minimum absolute atomic E-state index is 0.204. The molecular formula is C20H15ClN4O2S2. The minimum Gasteiger partial charge on any atom is -0.448 e. The highest BCUT2D eigenvalue weighted by Crippen LogP contribution is 2.28. The summed E-state index contributed by atoms with van der Waals surface area (Å²) >= 11 is 8.64. The topological polar surface area (TPSA) is 83.3 Å². The van der Waals surface area contributed by atoms with Gasteiger partial charge in [-0.15, -0.1) is 11.8 Å². The monoisotopic (exact) mass is 442 g/mol. The predicted molar refractivity (Wildman–Crippen MR) is 117 cm³/mol. The lowest BCUT2D eigenvalue weighted by Gasteiger charge is -2.00. The number of aromatic amines is 1. The molecule has 0 atom stereocenters. The number of carbonyl (C=O) groups excluding carboxylic acids is 1. The number of para-hydroxylation sites is 2. The van der Waals surface area contributed by atoms with Gasteiger partial charge >= 0.3 is 0 Å². The molecule has 2 aromatic heterocycles. The average Bonchev–Trinajstić information content (AvgIpc) is 3.34. The Bertz CT molecular complexity index is 1120. The molecule has 6 nitrogen and oxygen atoms in total. The second-order valence-corrected chi connectivity index (χ2v) is 8.33. The van der Waals surface area contributed by atoms with Gasteiger partial charge in [-0.05, 0) is 60.3 Å². The van der Waals surface area contributed by atoms with Crippen LogP contribution in [0.2, 0.25) is 5.02 Å². The number of imidazole rings is 1. The first-order valence-electron chi connectivity index (χ1n) is 8.58. The maximum absolute atomic E-state index is 11.9. The number of benzene rings is 2. The van der Waals surface area contributed by atoms with Gasteiger partial charge in [0.05, 0.1) is 23.0 Å². The Morgan fingerprint density at radius 2 is 2.00 bits per heavy atom. The van der Waals surface area contributed by atoms with Gasteiger partial charge in [0.1, 0.15) is 5.76 Å². The van der Waals surface area contributed by atoms with Gasteiger partial charge in [0.25, 0.3) is 0 Å². The Morgan fingerprint density at radius 3 is 2.83 bits per heavy atom. The van der Waals surface area contributed by atoms with E-state index in [-0.39, 0.29) is 11.7 Å². The van der Waals surface area contributed by atoms with Gasteiger partial charge in [0.15, 0.2) is 10.2 Å². The molecule has 2 heterocycles. The van der Waals surface area contributed by atoms with Crippen molar-refractivity contribution < 1.29 is 9.21 Å². The van der Waals surface area contributed by atoms with E-state index in [4.69, 9.17) is 16.0 Å². The highest BCUT2D eigenvalue weighted by molar-refractivity contribution is 8.00. The number of amides is 1. The Balaban J connectivity index is 1.27. The van der Waals surface area contributed by atoms with Crippen LogP contribution < -0.4 is 5.43 Å². The zero-order chi connectivity index (χ0) is 20.1. The third-order valence-electron chi connectivity index (χ3n) is 3.73. The summed E-state index contributed by atoms with van der Waals surface area (Å²) in [6.07, 6.45) is 1.47. The molecular weight excluding hydrogens is 428 g/mol. The summed E-state index contributed by atoms with van der Waals surface area (Å²) in [6.45, 7) is 0. The van der Waals surface area contributed by atoms with Crippen molar-refractivity contribution in [3.63, 3.8) is 0 Å². The number of fused-ring (bicyclic) bond motifs is 1. The molecule has 0 unspecified atom stereocenters. The van der Waals surface area contributed by atoms with Crippen LogP contribution in [-0.4, -0.2) is 27.8 Å². The van der Waals surface area contributed by atoms with Gasteiger partial charge in [0, 0.05) is 9.92 Å². The van der Waals surface area contributed by atoms with Crippen molar-refractivity contribution in [3.05, 3.63) is 71.4 Å². The first kappa shape index (κ1) is 19.6. The predicted octanol–water partition coefficient (Wildman–Crippen LogP) is 5.20. The molecule has 0 spiro atoms. The fourth-order valence-corrected chi connectivity index (χ4v) is 4.00. The second kappa shape index (κ2) is 9.21. The molecule has 4 aromatic rings. The number of hydrazone groups is 1. The van der Waals surface area contributed by atoms with Crippen LogP contribution in [0.1, 0.15) is 5.76 Å². The molecule has 4 rings (SSSR count). The molecule has 0 aliphatic rings. The molecule has 0 radical (unpaired) electrons. The molecule has 146 valence electrons. The lowest BCUT2D eigenvalue weighted by molar-refractivity contribution is -0.118. The number of hydrogen-bond donors (Lipinski definition) is 2. The van der Waals surface area contributed by atoms with Crippen molar-refractivity contribution >= 4 is 58.3 Å². The van der Waals surface area contributed by atoms with Crippen LogP contribution in [-0.2, 0) is 4.79 Å². The molecule has 2 aromatic carbocycles. The first-order valence-corrected chi connectivity index (χ1v) is 10.8. The van der Waals surface area contributed by atoms with Crippen LogP contribution in [0.4, 0.5) is 0 Å². The van der Waals surface area contributed by atoms with Gasteiger partial charge < -0.3 is 9.40 Å². The van der Waals surface area contributed by atoms with Crippen molar-refractivity contribution in [3.8, 4) is 0 Å². The van der Waals surface area contributed by atoms with Crippen molar-refractivity contribution in [2.24, 2.45) is 5.10 Å². The van der Waals surface area contributed by atoms with Crippen LogP contribution in [0.5, 0.6) is 0 Å². The van der Waals surface area contributed by atoms with Crippen LogP contribution in [0.3, 0.4) is 0 Å². The Kier molecular flexibility index (Phi) is 6.24. The number of thioether (sulfide) groups is 1. The number of rotatable bonds is 7. The van der Waals surface area contributed by atoms with E-state index in [0.29, 0.717) is 15.9 Å². The smallest absolute Gasteiger partial charge is 0.250 e. The summed E-state index contributed by atoms with van der Waals surface area (Å²) < 4.78 is 5.69. The first-order chi connectivity index (χ1) is 14.2. The van der Waals surface area contributed by atoms with Gasteiger partial charge in [-0.2, -0.15) is 5.10 Å². The van der Waals surface area contributed by atoms with Crippen LogP contribution in [0, 0.1) is 0 Å². The zero-order valence-electron chi connectivity index (χ0n) is 15.0. The van der Waals surface area contributed by atoms with Crippen molar-refractivity contribution in [1.29, 1.82) is 0 Å². The summed E-state index contributed by atoms with van der Waals surface area (Å²) in [5.41, 5.74) is 4.37. The fraction of sp³-hybridized carbons (Fsp3) is 0.0500. The fourth-order valence-electron chi connectivity index (χ4n) is 2.41. The highest BCUT2D eigenvalue weighted by atomic mass is 35.5. The molecule has 2 N–H and O–H groups in total. The summed E-state index contributed by atoms with van der Waals surface area (Å²) in [5.74, 6) is 0.587. The maximum atomic E-state index is 11.9. The maximum Gasteiger partial charge on any atom is 0.250 e. The molecule has 29 heavy (non-hydrogen) atoms. The zero-order valence-corrected chi connectivity index (χ0v) is 17.4. The van der Waals surface area contributed by atoms with E-state index < -0.39 is 0 Å². The van der Waals surface area contributed by atoms with Gasteiger partial charge in [-0.3, -0.25) is 4.79 Å². The largest absolute Gasteiger partial charge is 0.448 e. The van der Waals surface area contributed by atoms with Crippen LogP contribution >= 0.6 is 35.1 Å². The van der Waals surface area contributed by atoms with E-state index in [1.807, 2.05) is 42.5 Å². The van der Waals surface area contributed by atoms with E-state index >= 15 is 0 Å². The van der Waals surface area contributed by atoms with Crippen molar-refractivity contribution in [1.82, 2.24) is 15.4 Å². The number of nitrogens with zero attached hydrogens (tertiary/aromatic N) is 2. The molecule has 0 saturated heterocycles. The summed E-state index contributed by atoms with van der Waals surface area (Å²) in [5, 5.41) is 6.03. The third-order valence-corrected chi connectivity index (χ3v) is 5.80. The Morgan fingerprint density at radius 1 is 1.17 bits per heavy atom. The third kappa shape index (κ3) is 5.44. The average molecular weight is 443 g/mol. The molecule has 1 amide bonds. The van der Waals surface area contributed by atoms with Crippen molar-refractivity contribution in [2.75, 3.05) is 5.75 Å². The highest BCUT2D eigenvalue weighted by Gasteiger charge is 2.08. The number of furan rings is 1.